The van der Waals surface area contributed by atoms with E-state index in [1.165, 1.54) is 6.07 Å². The predicted molar refractivity (Wildman–Crippen MR) is 85.7 cm³/mol. The van der Waals surface area contributed by atoms with Gasteiger partial charge in [0, 0.05) is 17.2 Å². The van der Waals surface area contributed by atoms with E-state index in [1.807, 2.05) is 0 Å². The van der Waals surface area contributed by atoms with Crippen LogP contribution in [0.25, 0.3) is 0 Å². The van der Waals surface area contributed by atoms with Gasteiger partial charge in [0.1, 0.15) is 11.5 Å². The number of benzene rings is 1. The number of nitro benzene ring substituents is 1. The summed E-state index contributed by atoms with van der Waals surface area (Å²) in [5.74, 6) is 0.765. The van der Waals surface area contributed by atoms with E-state index >= 15 is 0 Å². The van der Waals surface area contributed by atoms with Gasteiger partial charge in [-0.1, -0.05) is 12.1 Å². The van der Waals surface area contributed by atoms with Crippen LogP contribution in [0.2, 0.25) is 0 Å². The Morgan fingerprint density at radius 3 is 2.52 bits per heavy atom. The van der Waals surface area contributed by atoms with E-state index in [0.29, 0.717) is 33.9 Å². The lowest BCUT2D eigenvalue weighted by Crippen LogP contribution is -2.19. The summed E-state index contributed by atoms with van der Waals surface area (Å²) in [6.45, 7) is 6.79. The maximum Gasteiger partial charge on any atom is 0.274 e. The van der Waals surface area contributed by atoms with Crippen LogP contribution in [-0.4, -0.2) is 16.5 Å². The zero-order valence-electron chi connectivity index (χ0n) is 13.3. The molecule has 1 heterocycles. The lowest BCUT2D eigenvalue weighted by atomic mass is 10.1. The first kappa shape index (κ1) is 16.4. The van der Waals surface area contributed by atoms with Crippen molar-refractivity contribution in [2.45, 2.75) is 27.7 Å². The third-order valence-corrected chi connectivity index (χ3v) is 3.43. The molecule has 0 unspecified atom stereocenters. The molecule has 0 bridgehead atoms. The van der Waals surface area contributed by atoms with Crippen LogP contribution in [0.15, 0.2) is 33.8 Å². The van der Waals surface area contributed by atoms with Gasteiger partial charge in [0.2, 0.25) is 0 Å². The molecule has 0 fully saturated rings. The molecular weight excluding hydrogens is 298 g/mol. The van der Waals surface area contributed by atoms with Gasteiger partial charge in [-0.15, -0.1) is 0 Å². The van der Waals surface area contributed by atoms with Crippen LogP contribution in [0.1, 0.15) is 39.9 Å². The van der Waals surface area contributed by atoms with Crippen LogP contribution < -0.4 is 5.43 Å². The highest BCUT2D eigenvalue weighted by Crippen LogP contribution is 2.19. The number of carbonyl (C=O) groups excluding carboxylic acids is 1. The second-order valence-corrected chi connectivity index (χ2v) is 5.22. The van der Waals surface area contributed by atoms with Crippen molar-refractivity contribution in [3.05, 3.63) is 62.6 Å². The van der Waals surface area contributed by atoms with Crippen LogP contribution in [-0.2, 0) is 0 Å². The van der Waals surface area contributed by atoms with Crippen LogP contribution >= 0.6 is 0 Å². The summed E-state index contributed by atoms with van der Waals surface area (Å²) in [5.41, 5.74) is 4.48. The monoisotopic (exact) mass is 315 g/mol. The number of carbonyl (C=O) groups is 1. The Hall–Kier alpha value is -2.96. The summed E-state index contributed by atoms with van der Waals surface area (Å²) in [7, 11) is 0. The van der Waals surface area contributed by atoms with Crippen molar-refractivity contribution >= 4 is 17.3 Å². The highest BCUT2D eigenvalue weighted by atomic mass is 16.6. The molecule has 0 saturated carbocycles. The van der Waals surface area contributed by atoms with Crippen molar-refractivity contribution in [1.29, 1.82) is 0 Å². The average molecular weight is 315 g/mol. The molecule has 120 valence electrons. The normalized spacial score (nSPS) is 11.4. The first-order valence-electron chi connectivity index (χ1n) is 6.96. The molecule has 0 aliphatic carbocycles. The minimum absolute atomic E-state index is 0.0182. The molecule has 2 aromatic rings. The number of hydrazone groups is 1. The molecule has 1 aromatic heterocycles. The van der Waals surface area contributed by atoms with Crippen molar-refractivity contribution < 1.29 is 14.1 Å². The lowest BCUT2D eigenvalue weighted by molar-refractivity contribution is -0.385. The Morgan fingerprint density at radius 1 is 1.26 bits per heavy atom. The van der Waals surface area contributed by atoms with Crippen LogP contribution in [0, 0.1) is 30.9 Å². The largest absolute Gasteiger partial charge is 0.466 e. The number of rotatable bonds is 4. The van der Waals surface area contributed by atoms with Gasteiger partial charge in [0.15, 0.2) is 0 Å². The highest BCUT2D eigenvalue weighted by Gasteiger charge is 2.14. The third-order valence-electron chi connectivity index (χ3n) is 3.43. The zero-order valence-corrected chi connectivity index (χ0v) is 13.3. The van der Waals surface area contributed by atoms with Crippen LogP contribution in [0.4, 0.5) is 5.69 Å². The molecule has 0 saturated heterocycles. The van der Waals surface area contributed by atoms with E-state index in [2.05, 4.69) is 10.5 Å². The van der Waals surface area contributed by atoms with Crippen molar-refractivity contribution in [3.63, 3.8) is 0 Å². The van der Waals surface area contributed by atoms with E-state index in [0.717, 1.165) is 0 Å². The molecule has 2 rings (SSSR count). The smallest absolute Gasteiger partial charge is 0.274 e. The Morgan fingerprint density at radius 2 is 1.96 bits per heavy atom. The molecule has 7 heteroatoms. The van der Waals surface area contributed by atoms with Gasteiger partial charge in [0.25, 0.3) is 11.6 Å². The van der Waals surface area contributed by atoms with Gasteiger partial charge in [-0.05, 0) is 33.8 Å². The quantitative estimate of drug-likeness (QED) is 0.532. The Balaban J connectivity index is 2.20. The molecule has 0 aliphatic heterocycles. The number of nitrogens with one attached hydrogen (secondary N) is 1. The van der Waals surface area contributed by atoms with Gasteiger partial charge in [-0.25, -0.2) is 5.43 Å². The summed E-state index contributed by atoms with van der Waals surface area (Å²) in [6.07, 6.45) is 0. The van der Waals surface area contributed by atoms with Crippen LogP contribution in [0.3, 0.4) is 0 Å². The van der Waals surface area contributed by atoms with Gasteiger partial charge < -0.3 is 4.42 Å². The Kier molecular flexibility index (Phi) is 4.59. The van der Waals surface area contributed by atoms with E-state index in [-0.39, 0.29) is 11.6 Å². The lowest BCUT2D eigenvalue weighted by Gasteiger charge is -2.04. The maximum atomic E-state index is 12.1. The summed E-state index contributed by atoms with van der Waals surface area (Å²) in [4.78, 5) is 22.6. The number of nitro groups is 1. The van der Waals surface area contributed by atoms with Crippen molar-refractivity contribution in [2.24, 2.45) is 5.10 Å². The van der Waals surface area contributed by atoms with Crippen molar-refractivity contribution in [2.75, 3.05) is 0 Å². The number of furan rings is 1. The maximum absolute atomic E-state index is 12.1. The summed E-state index contributed by atoms with van der Waals surface area (Å²) in [6, 6.07) is 6.44. The number of aryl methyl sites for hydroxylation is 3. The molecule has 1 amide bonds. The predicted octanol–water partition coefficient (Wildman–Crippen LogP) is 3.27. The SMILES string of the molecule is C/C(=N/NC(=O)c1cc(C)oc1C)c1ccc(C)c([N+](=O)[O-])c1. The van der Waals surface area contributed by atoms with Gasteiger partial charge in [0.05, 0.1) is 16.2 Å². The fourth-order valence-electron chi connectivity index (χ4n) is 2.15. The van der Waals surface area contributed by atoms with Crippen molar-refractivity contribution in [3.8, 4) is 0 Å². The highest BCUT2D eigenvalue weighted by molar-refractivity contribution is 6.01. The topological polar surface area (TPSA) is 97.7 Å². The molecule has 0 radical (unpaired) electrons. The first-order chi connectivity index (χ1) is 10.8. The van der Waals surface area contributed by atoms with Gasteiger partial charge in [-0.3, -0.25) is 14.9 Å². The zero-order chi connectivity index (χ0) is 17.1. The summed E-state index contributed by atoms with van der Waals surface area (Å²) < 4.78 is 5.30. The Bertz CT molecular complexity index is 806. The molecule has 0 aliphatic rings. The number of amides is 1. The number of hydrogen-bond donors (Lipinski definition) is 1. The average Bonchev–Trinajstić information content (AvgIpc) is 2.83. The van der Waals surface area contributed by atoms with E-state index < -0.39 is 4.92 Å². The molecule has 7 nitrogen and oxygen atoms in total. The van der Waals surface area contributed by atoms with E-state index in [4.69, 9.17) is 4.42 Å². The molecule has 0 atom stereocenters. The molecule has 0 spiro atoms. The van der Waals surface area contributed by atoms with Gasteiger partial charge in [-0.2, -0.15) is 5.10 Å². The molecule has 23 heavy (non-hydrogen) atoms. The standard InChI is InChI=1S/C16H17N3O4/c1-9-5-6-13(8-15(9)19(21)22)11(3)17-18-16(20)14-7-10(2)23-12(14)4/h5-8H,1-4H3,(H,18,20)/b17-11-. The minimum Gasteiger partial charge on any atom is -0.466 e. The summed E-state index contributed by atoms with van der Waals surface area (Å²) >= 11 is 0. The van der Waals surface area contributed by atoms with Crippen molar-refractivity contribution in [1.82, 2.24) is 5.43 Å². The summed E-state index contributed by atoms with van der Waals surface area (Å²) in [5, 5.41) is 15.0. The van der Waals surface area contributed by atoms with Gasteiger partial charge >= 0.3 is 0 Å². The second-order valence-electron chi connectivity index (χ2n) is 5.22. The fraction of sp³-hybridized carbons (Fsp3) is 0.250. The second kappa shape index (κ2) is 6.43. The minimum atomic E-state index is -0.442. The first-order valence-corrected chi connectivity index (χ1v) is 6.96. The van der Waals surface area contributed by atoms with E-state index in [9.17, 15) is 14.9 Å². The molecule has 1 aromatic carbocycles. The van der Waals surface area contributed by atoms with Crippen LogP contribution in [0.5, 0.6) is 0 Å². The number of hydrogen-bond acceptors (Lipinski definition) is 5. The Labute approximate surface area is 133 Å². The van der Waals surface area contributed by atoms with E-state index in [1.54, 1.807) is 45.9 Å². The molecule has 1 N–H and O–H groups in total. The number of nitrogens with zero attached hydrogens (tertiary/aromatic N) is 2. The molecular formula is C16H17N3O4. The fourth-order valence-corrected chi connectivity index (χ4v) is 2.15. The third kappa shape index (κ3) is 3.63.